The number of aryl methyl sites for hydroxylation is 1. The first-order valence-electron chi connectivity index (χ1n) is 8.41. The second-order valence-electron chi connectivity index (χ2n) is 6.29. The standard InChI is InChI=1S/C19H22ClFN2O3S/c1-4-18(19(24)22-12-14-7-5-6-13(2)10-14)23(27(3,25)26)15-8-9-17(21)16(20)11-15/h5-11,18H,4,12H2,1-3H3,(H,22,24)/t18-/m1/s1. The third-order valence-corrected chi connectivity index (χ3v) is 5.51. The van der Waals surface area contributed by atoms with Gasteiger partial charge in [0.25, 0.3) is 0 Å². The highest BCUT2D eigenvalue weighted by Gasteiger charge is 2.31. The Morgan fingerprint density at radius 3 is 2.52 bits per heavy atom. The van der Waals surface area contributed by atoms with Gasteiger partial charge in [-0.3, -0.25) is 9.10 Å². The molecule has 27 heavy (non-hydrogen) atoms. The second kappa shape index (κ2) is 8.71. The predicted molar refractivity (Wildman–Crippen MR) is 106 cm³/mol. The van der Waals surface area contributed by atoms with Crippen molar-refractivity contribution in [3.8, 4) is 0 Å². The summed E-state index contributed by atoms with van der Waals surface area (Å²) in [6.45, 7) is 3.93. The van der Waals surface area contributed by atoms with Crippen molar-refractivity contribution in [1.82, 2.24) is 5.32 Å². The van der Waals surface area contributed by atoms with E-state index in [0.717, 1.165) is 27.8 Å². The average molecular weight is 413 g/mol. The molecule has 5 nitrogen and oxygen atoms in total. The number of amides is 1. The minimum absolute atomic E-state index is 0.140. The lowest BCUT2D eigenvalue weighted by Crippen LogP contribution is -2.49. The molecule has 0 aliphatic carbocycles. The zero-order valence-electron chi connectivity index (χ0n) is 15.4. The highest BCUT2D eigenvalue weighted by molar-refractivity contribution is 7.92. The zero-order valence-corrected chi connectivity index (χ0v) is 16.9. The van der Waals surface area contributed by atoms with Crippen LogP contribution in [0.25, 0.3) is 0 Å². The highest BCUT2D eigenvalue weighted by atomic mass is 35.5. The van der Waals surface area contributed by atoms with Gasteiger partial charge in [-0.1, -0.05) is 48.4 Å². The summed E-state index contributed by atoms with van der Waals surface area (Å²) in [7, 11) is -3.80. The van der Waals surface area contributed by atoms with E-state index in [-0.39, 0.29) is 23.7 Å². The van der Waals surface area contributed by atoms with Gasteiger partial charge < -0.3 is 5.32 Å². The number of carbonyl (C=O) groups excluding carboxylic acids is 1. The molecule has 0 bridgehead atoms. The number of halogens is 2. The maximum absolute atomic E-state index is 13.5. The molecule has 0 saturated heterocycles. The van der Waals surface area contributed by atoms with Crippen molar-refractivity contribution in [2.24, 2.45) is 0 Å². The van der Waals surface area contributed by atoms with Gasteiger partial charge in [-0.2, -0.15) is 0 Å². The van der Waals surface area contributed by atoms with Gasteiger partial charge in [0.1, 0.15) is 11.9 Å². The molecule has 2 aromatic rings. The van der Waals surface area contributed by atoms with Crippen LogP contribution in [0.3, 0.4) is 0 Å². The van der Waals surface area contributed by atoms with Crippen molar-refractivity contribution in [1.29, 1.82) is 0 Å². The minimum Gasteiger partial charge on any atom is -0.350 e. The molecule has 0 radical (unpaired) electrons. The summed E-state index contributed by atoms with van der Waals surface area (Å²) in [5.41, 5.74) is 2.11. The number of carbonyl (C=O) groups is 1. The maximum atomic E-state index is 13.5. The van der Waals surface area contributed by atoms with Crippen LogP contribution in [0.15, 0.2) is 42.5 Å². The van der Waals surface area contributed by atoms with Gasteiger partial charge in [0, 0.05) is 6.54 Å². The van der Waals surface area contributed by atoms with Gasteiger partial charge >= 0.3 is 0 Å². The topological polar surface area (TPSA) is 66.5 Å². The van der Waals surface area contributed by atoms with E-state index >= 15 is 0 Å². The van der Waals surface area contributed by atoms with Crippen LogP contribution in [0.2, 0.25) is 5.02 Å². The first kappa shape index (κ1) is 21.2. The van der Waals surface area contributed by atoms with E-state index in [4.69, 9.17) is 11.6 Å². The van der Waals surface area contributed by atoms with E-state index in [1.807, 2.05) is 31.2 Å². The van der Waals surface area contributed by atoms with E-state index in [1.54, 1.807) is 6.92 Å². The summed E-state index contributed by atoms with van der Waals surface area (Å²) >= 11 is 5.79. The SMILES string of the molecule is CC[C@H](C(=O)NCc1cccc(C)c1)N(c1ccc(F)c(Cl)c1)S(C)(=O)=O. The molecule has 146 valence electrons. The van der Waals surface area contributed by atoms with Crippen LogP contribution in [0.4, 0.5) is 10.1 Å². The lowest BCUT2D eigenvalue weighted by molar-refractivity contribution is -0.122. The molecule has 1 N–H and O–H groups in total. The van der Waals surface area contributed by atoms with E-state index < -0.39 is 27.8 Å². The number of hydrogen-bond donors (Lipinski definition) is 1. The Bertz CT molecular complexity index is 934. The molecule has 0 saturated carbocycles. The molecule has 0 fully saturated rings. The van der Waals surface area contributed by atoms with Crippen LogP contribution in [0, 0.1) is 12.7 Å². The number of benzene rings is 2. The molecule has 0 heterocycles. The summed E-state index contributed by atoms with van der Waals surface area (Å²) in [5.74, 6) is -1.10. The number of sulfonamides is 1. The van der Waals surface area contributed by atoms with Crippen LogP contribution in [0.1, 0.15) is 24.5 Å². The number of anilines is 1. The molecular weight excluding hydrogens is 391 g/mol. The fraction of sp³-hybridized carbons (Fsp3) is 0.316. The van der Waals surface area contributed by atoms with E-state index in [1.165, 1.54) is 12.1 Å². The van der Waals surface area contributed by atoms with Gasteiger partial charge in [-0.15, -0.1) is 0 Å². The van der Waals surface area contributed by atoms with Crippen molar-refractivity contribution < 1.29 is 17.6 Å². The van der Waals surface area contributed by atoms with Crippen LogP contribution >= 0.6 is 11.6 Å². The molecular formula is C19H22ClFN2O3S. The minimum atomic E-state index is -3.80. The number of nitrogens with zero attached hydrogens (tertiary/aromatic N) is 1. The summed E-state index contributed by atoms with van der Waals surface area (Å²) in [6.07, 6.45) is 1.24. The summed E-state index contributed by atoms with van der Waals surface area (Å²) < 4.78 is 39.2. The molecule has 1 amide bonds. The van der Waals surface area contributed by atoms with Gasteiger partial charge in [0.2, 0.25) is 15.9 Å². The molecule has 1 atom stereocenters. The van der Waals surface area contributed by atoms with E-state index in [2.05, 4.69) is 5.32 Å². The maximum Gasteiger partial charge on any atom is 0.244 e. The summed E-state index contributed by atoms with van der Waals surface area (Å²) in [4.78, 5) is 12.7. The Kier molecular flexibility index (Phi) is 6.84. The van der Waals surface area contributed by atoms with Crippen LogP contribution in [-0.4, -0.2) is 26.6 Å². The van der Waals surface area contributed by atoms with Crippen LogP contribution < -0.4 is 9.62 Å². The third-order valence-electron chi connectivity index (χ3n) is 4.04. The van der Waals surface area contributed by atoms with Gasteiger partial charge in [0.15, 0.2) is 0 Å². The fourth-order valence-corrected chi connectivity index (χ4v) is 4.19. The Morgan fingerprint density at radius 1 is 1.26 bits per heavy atom. The van der Waals surface area contributed by atoms with Crippen molar-refractivity contribution in [2.75, 3.05) is 10.6 Å². The molecule has 0 spiro atoms. The third kappa shape index (κ3) is 5.43. The van der Waals surface area contributed by atoms with Crippen LogP contribution in [0.5, 0.6) is 0 Å². The number of rotatable bonds is 7. The lowest BCUT2D eigenvalue weighted by atomic mass is 10.1. The van der Waals surface area contributed by atoms with Gasteiger partial charge in [-0.25, -0.2) is 12.8 Å². The molecule has 0 aliphatic rings. The average Bonchev–Trinajstić information content (AvgIpc) is 2.59. The number of nitrogens with one attached hydrogen (secondary N) is 1. The Hall–Kier alpha value is -2.12. The second-order valence-corrected chi connectivity index (χ2v) is 8.55. The summed E-state index contributed by atoms with van der Waals surface area (Å²) in [5, 5.41) is 2.56. The van der Waals surface area contributed by atoms with Crippen molar-refractivity contribution in [2.45, 2.75) is 32.9 Å². The van der Waals surface area contributed by atoms with Gasteiger partial charge in [0.05, 0.1) is 17.0 Å². The van der Waals surface area contributed by atoms with E-state index in [0.29, 0.717) is 0 Å². The molecule has 0 aliphatic heterocycles. The number of hydrogen-bond acceptors (Lipinski definition) is 3. The van der Waals surface area contributed by atoms with Crippen LogP contribution in [-0.2, 0) is 21.4 Å². The molecule has 2 rings (SSSR count). The van der Waals surface area contributed by atoms with Crippen molar-refractivity contribution in [3.63, 3.8) is 0 Å². The molecule has 0 aromatic heterocycles. The Balaban J connectivity index is 2.28. The largest absolute Gasteiger partial charge is 0.350 e. The molecule has 8 heteroatoms. The van der Waals surface area contributed by atoms with Gasteiger partial charge in [-0.05, 0) is 37.1 Å². The normalized spacial score (nSPS) is 12.5. The zero-order chi connectivity index (χ0) is 20.2. The Morgan fingerprint density at radius 2 is 1.96 bits per heavy atom. The predicted octanol–water partition coefficient (Wildman–Crippen LogP) is 3.65. The van der Waals surface area contributed by atoms with E-state index in [9.17, 15) is 17.6 Å². The quantitative estimate of drug-likeness (QED) is 0.754. The summed E-state index contributed by atoms with van der Waals surface area (Å²) in [6, 6.07) is 10.2. The molecule has 2 aromatic carbocycles. The smallest absolute Gasteiger partial charge is 0.244 e. The fourth-order valence-electron chi connectivity index (χ4n) is 2.81. The first-order chi connectivity index (χ1) is 12.6. The highest BCUT2D eigenvalue weighted by Crippen LogP contribution is 2.27. The molecule has 0 unspecified atom stereocenters. The van der Waals surface area contributed by atoms with Crippen molar-refractivity contribution >= 4 is 33.2 Å². The monoisotopic (exact) mass is 412 g/mol. The first-order valence-corrected chi connectivity index (χ1v) is 10.6. The van der Waals surface area contributed by atoms with Crippen molar-refractivity contribution in [3.05, 3.63) is 64.4 Å². The Labute approximate surface area is 164 Å². The lowest BCUT2D eigenvalue weighted by Gasteiger charge is -2.30.